The highest BCUT2D eigenvalue weighted by molar-refractivity contribution is 5.73. The molecule has 0 aliphatic heterocycles. The van der Waals surface area contributed by atoms with Crippen molar-refractivity contribution < 1.29 is 9.13 Å². The summed E-state index contributed by atoms with van der Waals surface area (Å²) in [5, 5.41) is 4.27. The number of nitrogens with zero attached hydrogens (tertiary/aromatic N) is 2. The Labute approximate surface area is 98.8 Å². The molecular weight excluding hydrogens is 221 g/mol. The number of methoxy groups -OCH3 is 1. The summed E-state index contributed by atoms with van der Waals surface area (Å²) in [7, 11) is 3.29. The fourth-order valence-corrected chi connectivity index (χ4v) is 1.76. The molecule has 1 aromatic carbocycles. The molecule has 0 bridgehead atoms. The van der Waals surface area contributed by atoms with Gasteiger partial charge in [-0.05, 0) is 25.1 Å². The maximum atomic E-state index is 13.3. The number of benzene rings is 1. The lowest BCUT2D eigenvalue weighted by molar-refractivity contribution is 0.415. The molecule has 0 saturated carbocycles. The summed E-state index contributed by atoms with van der Waals surface area (Å²) < 4.78 is 20.1. The monoisotopic (exact) mass is 235 g/mol. The molecule has 0 unspecified atom stereocenters. The van der Waals surface area contributed by atoms with E-state index in [0.29, 0.717) is 22.8 Å². The summed E-state index contributed by atoms with van der Waals surface area (Å²) in [6.45, 7) is 1.85. The highest BCUT2D eigenvalue weighted by Crippen LogP contribution is 2.33. The molecule has 0 aliphatic rings. The van der Waals surface area contributed by atoms with E-state index in [9.17, 15) is 4.39 Å². The lowest BCUT2D eigenvalue weighted by Gasteiger charge is -2.06. The fourth-order valence-electron chi connectivity index (χ4n) is 1.76. The molecule has 17 heavy (non-hydrogen) atoms. The highest BCUT2D eigenvalue weighted by atomic mass is 19.1. The van der Waals surface area contributed by atoms with Gasteiger partial charge in [0.15, 0.2) is 0 Å². The first-order chi connectivity index (χ1) is 8.04. The van der Waals surface area contributed by atoms with E-state index in [2.05, 4.69) is 5.10 Å². The van der Waals surface area contributed by atoms with Crippen LogP contribution in [0.3, 0.4) is 0 Å². The van der Waals surface area contributed by atoms with E-state index in [-0.39, 0.29) is 5.82 Å². The van der Waals surface area contributed by atoms with Crippen LogP contribution in [0.2, 0.25) is 0 Å². The predicted molar refractivity (Wildman–Crippen MR) is 64.3 cm³/mol. The number of aromatic nitrogens is 2. The Hall–Kier alpha value is -2.04. The van der Waals surface area contributed by atoms with Gasteiger partial charge in [-0.3, -0.25) is 4.68 Å². The van der Waals surface area contributed by atoms with Crippen molar-refractivity contribution in [2.45, 2.75) is 6.92 Å². The van der Waals surface area contributed by atoms with E-state index in [4.69, 9.17) is 10.5 Å². The van der Waals surface area contributed by atoms with Crippen molar-refractivity contribution in [1.82, 2.24) is 9.78 Å². The van der Waals surface area contributed by atoms with Gasteiger partial charge >= 0.3 is 0 Å². The van der Waals surface area contributed by atoms with Crippen LogP contribution in [0.15, 0.2) is 18.2 Å². The number of nitrogens with two attached hydrogens (primary N) is 1. The molecule has 4 nitrogen and oxygen atoms in total. The van der Waals surface area contributed by atoms with Crippen LogP contribution in [0.5, 0.6) is 5.75 Å². The van der Waals surface area contributed by atoms with Gasteiger partial charge in [0.2, 0.25) is 0 Å². The Kier molecular flexibility index (Phi) is 2.75. The third-order valence-corrected chi connectivity index (χ3v) is 2.75. The number of anilines is 1. The second kappa shape index (κ2) is 4.08. The standard InChI is InChI=1S/C12H14FN3O/c1-7-11(15-16(2)12(7)14)9-6-8(13)4-5-10(9)17-3/h4-6H,14H2,1-3H3. The number of ether oxygens (including phenoxy) is 1. The lowest BCUT2D eigenvalue weighted by atomic mass is 10.1. The average molecular weight is 235 g/mol. The van der Waals surface area contributed by atoms with Crippen LogP contribution in [-0.2, 0) is 7.05 Å². The summed E-state index contributed by atoms with van der Waals surface area (Å²) in [6, 6.07) is 4.33. The minimum absolute atomic E-state index is 0.329. The Bertz CT molecular complexity index is 563. The van der Waals surface area contributed by atoms with Crippen LogP contribution < -0.4 is 10.5 Å². The number of hydrogen-bond acceptors (Lipinski definition) is 3. The van der Waals surface area contributed by atoms with Gasteiger partial charge in [0, 0.05) is 18.2 Å². The SMILES string of the molecule is COc1ccc(F)cc1-c1nn(C)c(N)c1C. The zero-order valence-electron chi connectivity index (χ0n) is 9.99. The molecule has 2 N–H and O–H groups in total. The molecule has 2 rings (SSSR count). The van der Waals surface area contributed by atoms with E-state index < -0.39 is 0 Å². The smallest absolute Gasteiger partial charge is 0.128 e. The molecule has 0 aliphatic carbocycles. The number of aryl methyl sites for hydroxylation is 1. The molecule has 0 spiro atoms. The minimum Gasteiger partial charge on any atom is -0.496 e. The van der Waals surface area contributed by atoms with Crippen LogP contribution in [0, 0.1) is 12.7 Å². The number of halogens is 1. The van der Waals surface area contributed by atoms with Gasteiger partial charge in [-0.2, -0.15) is 5.10 Å². The van der Waals surface area contributed by atoms with Gasteiger partial charge < -0.3 is 10.5 Å². The second-order valence-corrected chi connectivity index (χ2v) is 3.83. The fraction of sp³-hybridized carbons (Fsp3) is 0.250. The third-order valence-electron chi connectivity index (χ3n) is 2.75. The highest BCUT2D eigenvalue weighted by Gasteiger charge is 2.16. The predicted octanol–water partition coefficient (Wildman–Crippen LogP) is 2.13. The molecule has 0 saturated heterocycles. The molecule has 1 aromatic heterocycles. The summed E-state index contributed by atoms with van der Waals surface area (Å²) in [6.07, 6.45) is 0. The van der Waals surface area contributed by atoms with Crippen molar-refractivity contribution in [2.24, 2.45) is 7.05 Å². The normalized spacial score (nSPS) is 10.6. The van der Waals surface area contributed by atoms with E-state index in [1.54, 1.807) is 24.9 Å². The maximum absolute atomic E-state index is 13.3. The van der Waals surface area contributed by atoms with E-state index in [1.165, 1.54) is 12.1 Å². The third kappa shape index (κ3) is 1.84. The summed E-state index contributed by atoms with van der Waals surface area (Å²) in [5.41, 5.74) is 7.90. The van der Waals surface area contributed by atoms with Gasteiger partial charge in [-0.15, -0.1) is 0 Å². The molecule has 5 heteroatoms. The topological polar surface area (TPSA) is 53.1 Å². The Morgan fingerprint density at radius 1 is 1.41 bits per heavy atom. The minimum atomic E-state index is -0.329. The van der Waals surface area contributed by atoms with E-state index in [1.807, 2.05) is 6.92 Å². The zero-order valence-corrected chi connectivity index (χ0v) is 9.99. The first-order valence-corrected chi connectivity index (χ1v) is 5.17. The lowest BCUT2D eigenvalue weighted by Crippen LogP contribution is -1.97. The molecule has 90 valence electrons. The van der Waals surface area contributed by atoms with Crippen molar-refractivity contribution in [1.29, 1.82) is 0 Å². The van der Waals surface area contributed by atoms with E-state index >= 15 is 0 Å². The maximum Gasteiger partial charge on any atom is 0.128 e. The number of rotatable bonds is 2. The Morgan fingerprint density at radius 3 is 2.65 bits per heavy atom. The van der Waals surface area contributed by atoms with Crippen LogP contribution in [0.1, 0.15) is 5.56 Å². The summed E-state index contributed by atoms with van der Waals surface area (Å²) in [5.74, 6) is 0.809. The summed E-state index contributed by atoms with van der Waals surface area (Å²) >= 11 is 0. The van der Waals surface area contributed by atoms with Gasteiger partial charge in [0.05, 0.1) is 7.11 Å². The van der Waals surface area contributed by atoms with Crippen molar-refractivity contribution in [2.75, 3.05) is 12.8 Å². The van der Waals surface area contributed by atoms with Crippen LogP contribution in [0.25, 0.3) is 11.3 Å². The largest absolute Gasteiger partial charge is 0.496 e. The van der Waals surface area contributed by atoms with Crippen LogP contribution in [-0.4, -0.2) is 16.9 Å². The Morgan fingerprint density at radius 2 is 2.12 bits per heavy atom. The summed E-state index contributed by atoms with van der Waals surface area (Å²) in [4.78, 5) is 0. The van der Waals surface area contributed by atoms with Gasteiger partial charge in [-0.1, -0.05) is 0 Å². The molecule has 0 amide bonds. The van der Waals surface area contributed by atoms with Gasteiger partial charge in [0.25, 0.3) is 0 Å². The molecular formula is C12H14FN3O. The molecule has 1 heterocycles. The molecule has 0 fully saturated rings. The zero-order chi connectivity index (χ0) is 12.6. The quantitative estimate of drug-likeness (QED) is 0.867. The van der Waals surface area contributed by atoms with Crippen molar-refractivity contribution >= 4 is 5.82 Å². The molecule has 0 atom stereocenters. The van der Waals surface area contributed by atoms with Crippen molar-refractivity contribution in [3.8, 4) is 17.0 Å². The molecule has 0 radical (unpaired) electrons. The van der Waals surface area contributed by atoms with Crippen molar-refractivity contribution in [3.63, 3.8) is 0 Å². The van der Waals surface area contributed by atoms with Gasteiger partial charge in [-0.25, -0.2) is 4.39 Å². The number of hydrogen-bond donors (Lipinski definition) is 1. The van der Waals surface area contributed by atoms with Crippen LogP contribution >= 0.6 is 0 Å². The average Bonchev–Trinajstić information content (AvgIpc) is 2.57. The number of nitrogen functional groups attached to an aromatic ring is 1. The second-order valence-electron chi connectivity index (χ2n) is 3.83. The first kappa shape index (κ1) is 11.4. The molecule has 2 aromatic rings. The van der Waals surface area contributed by atoms with Crippen LogP contribution in [0.4, 0.5) is 10.2 Å². The Balaban J connectivity index is 2.67. The van der Waals surface area contributed by atoms with Gasteiger partial charge in [0.1, 0.15) is 23.1 Å². The van der Waals surface area contributed by atoms with Crippen molar-refractivity contribution in [3.05, 3.63) is 29.6 Å². The first-order valence-electron chi connectivity index (χ1n) is 5.17. The van der Waals surface area contributed by atoms with E-state index in [0.717, 1.165) is 5.56 Å².